The third kappa shape index (κ3) is 3.86. The Labute approximate surface area is 88.3 Å². The van der Waals surface area contributed by atoms with E-state index in [0.29, 0.717) is 11.4 Å². The average molecular weight is 209 g/mol. The molecular formula is C10H15N3O2. The van der Waals surface area contributed by atoms with E-state index in [-0.39, 0.29) is 12.6 Å². The first kappa shape index (κ1) is 11.3. The molecular weight excluding hydrogens is 194 g/mol. The van der Waals surface area contributed by atoms with Gasteiger partial charge in [-0.1, -0.05) is 12.1 Å². The van der Waals surface area contributed by atoms with Gasteiger partial charge in [0.15, 0.2) is 0 Å². The SMILES string of the molecule is CC(O)CNC(=O)Nc1ccccc1N. The van der Waals surface area contributed by atoms with E-state index in [4.69, 9.17) is 10.8 Å². The molecule has 5 heteroatoms. The van der Waals surface area contributed by atoms with Crippen LogP contribution in [0.25, 0.3) is 0 Å². The predicted octanol–water partition coefficient (Wildman–Crippen LogP) is 0.771. The van der Waals surface area contributed by atoms with Gasteiger partial charge < -0.3 is 21.5 Å². The van der Waals surface area contributed by atoms with Crippen molar-refractivity contribution in [2.45, 2.75) is 13.0 Å². The number of nitrogens with two attached hydrogens (primary N) is 1. The molecule has 1 unspecified atom stereocenters. The number of nitrogens with one attached hydrogen (secondary N) is 2. The van der Waals surface area contributed by atoms with Crippen LogP contribution in [0.15, 0.2) is 24.3 Å². The van der Waals surface area contributed by atoms with Gasteiger partial charge in [-0.25, -0.2) is 4.79 Å². The minimum absolute atomic E-state index is 0.207. The van der Waals surface area contributed by atoms with Crippen molar-refractivity contribution in [1.82, 2.24) is 5.32 Å². The number of carbonyl (C=O) groups excluding carboxylic acids is 1. The number of anilines is 2. The summed E-state index contributed by atoms with van der Waals surface area (Å²) in [6, 6.07) is 6.59. The Kier molecular flexibility index (Phi) is 3.93. The highest BCUT2D eigenvalue weighted by Crippen LogP contribution is 2.15. The van der Waals surface area contributed by atoms with Crippen LogP contribution in [0.2, 0.25) is 0 Å². The second-order valence-electron chi connectivity index (χ2n) is 3.27. The minimum Gasteiger partial charge on any atom is -0.397 e. The summed E-state index contributed by atoms with van der Waals surface area (Å²) in [7, 11) is 0. The zero-order chi connectivity index (χ0) is 11.3. The lowest BCUT2D eigenvalue weighted by atomic mass is 10.3. The van der Waals surface area contributed by atoms with E-state index in [0.717, 1.165) is 0 Å². The van der Waals surface area contributed by atoms with Crippen LogP contribution in [0.4, 0.5) is 16.2 Å². The quantitative estimate of drug-likeness (QED) is 0.554. The van der Waals surface area contributed by atoms with Gasteiger partial charge in [-0.05, 0) is 19.1 Å². The van der Waals surface area contributed by atoms with E-state index in [1.165, 1.54) is 0 Å². The highest BCUT2D eigenvalue weighted by atomic mass is 16.3. The number of hydrogen-bond acceptors (Lipinski definition) is 3. The lowest BCUT2D eigenvalue weighted by Crippen LogP contribution is -2.34. The molecule has 0 saturated carbocycles. The van der Waals surface area contributed by atoms with Gasteiger partial charge in [0.1, 0.15) is 0 Å². The number of rotatable bonds is 3. The summed E-state index contributed by atoms with van der Waals surface area (Å²) in [5, 5.41) is 14.0. The number of nitrogen functional groups attached to an aromatic ring is 1. The molecule has 0 heterocycles. The number of aliphatic hydroxyl groups is 1. The molecule has 0 aliphatic heterocycles. The van der Waals surface area contributed by atoms with E-state index in [2.05, 4.69) is 10.6 Å². The van der Waals surface area contributed by atoms with Crippen molar-refractivity contribution in [3.05, 3.63) is 24.3 Å². The molecule has 0 aliphatic rings. The molecule has 0 bridgehead atoms. The predicted molar refractivity (Wildman–Crippen MR) is 59.6 cm³/mol. The van der Waals surface area contributed by atoms with Gasteiger partial charge in [-0.3, -0.25) is 0 Å². The van der Waals surface area contributed by atoms with E-state index in [1.807, 2.05) is 0 Å². The average Bonchev–Trinajstić information content (AvgIpc) is 2.18. The summed E-state index contributed by atoms with van der Waals surface area (Å²) in [5.41, 5.74) is 6.69. The monoisotopic (exact) mass is 209 g/mol. The number of hydrogen-bond donors (Lipinski definition) is 4. The third-order valence-electron chi connectivity index (χ3n) is 1.77. The molecule has 0 fully saturated rings. The fourth-order valence-electron chi connectivity index (χ4n) is 1.02. The number of carbonyl (C=O) groups is 1. The maximum Gasteiger partial charge on any atom is 0.319 e. The molecule has 0 spiro atoms. The molecule has 5 nitrogen and oxygen atoms in total. The van der Waals surface area contributed by atoms with Gasteiger partial charge in [0.2, 0.25) is 0 Å². The van der Waals surface area contributed by atoms with E-state index >= 15 is 0 Å². The maximum atomic E-state index is 11.3. The van der Waals surface area contributed by atoms with Crippen molar-refractivity contribution in [3.63, 3.8) is 0 Å². The molecule has 1 aromatic carbocycles. The van der Waals surface area contributed by atoms with E-state index in [9.17, 15) is 4.79 Å². The van der Waals surface area contributed by atoms with Crippen LogP contribution in [0.1, 0.15) is 6.92 Å². The van der Waals surface area contributed by atoms with Gasteiger partial charge in [-0.15, -0.1) is 0 Å². The van der Waals surface area contributed by atoms with Crippen LogP contribution < -0.4 is 16.4 Å². The fraction of sp³-hybridized carbons (Fsp3) is 0.300. The van der Waals surface area contributed by atoms with Crippen LogP contribution in [-0.4, -0.2) is 23.8 Å². The highest BCUT2D eigenvalue weighted by Gasteiger charge is 2.04. The molecule has 1 rings (SSSR count). The Morgan fingerprint density at radius 1 is 1.53 bits per heavy atom. The first-order valence-corrected chi connectivity index (χ1v) is 4.67. The number of urea groups is 1. The Bertz CT molecular complexity index is 339. The molecule has 0 aliphatic carbocycles. The maximum absolute atomic E-state index is 11.3. The van der Waals surface area contributed by atoms with Crippen molar-refractivity contribution in [2.75, 3.05) is 17.6 Å². The Morgan fingerprint density at radius 3 is 2.80 bits per heavy atom. The summed E-state index contributed by atoms with van der Waals surface area (Å²) >= 11 is 0. The molecule has 82 valence electrons. The minimum atomic E-state index is -0.566. The van der Waals surface area contributed by atoms with E-state index < -0.39 is 6.10 Å². The highest BCUT2D eigenvalue weighted by molar-refractivity contribution is 5.92. The van der Waals surface area contributed by atoms with Crippen molar-refractivity contribution >= 4 is 17.4 Å². The zero-order valence-corrected chi connectivity index (χ0v) is 8.53. The van der Waals surface area contributed by atoms with Crippen LogP contribution in [0, 0.1) is 0 Å². The smallest absolute Gasteiger partial charge is 0.319 e. The molecule has 5 N–H and O–H groups in total. The van der Waals surface area contributed by atoms with Crippen LogP contribution in [0.5, 0.6) is 0 Å². The van der Waals surface area contributed by atoms with Crippen molar-refractivity contribution in [2.24, 2.45) is 0 Å². The molecule has 0 radical (unpaired) electrons. The van der Waals surface area contributed by atoms with Gasteiger partial charge in [0, 0.05) is 6.54 Å². The second kappa shape index (κ2) is 5.21. The first-order chi connectivity index (χ1) is 7.09. The third-order valence-corrected chi connectivity index (χ3v) is 1.77. The first-order valence-electron chi connectivity index (χ1n) is 4.67. The molecule has 1 atom stereocenters. The molecule has 0 aromatic heterocycles. The second-order valence-corrected chi connectivity index (χ2v) is 3.27. The topological polar surface area (TPSA) is 87.4 Å². The number of para-hydroxylation sites is 2. The number of amides is 2. The largest absolute Gasteiger partial charge is 0.397 e. The fourth-order valence-corrected chi connectivity index (χ4v) is 1.02. The molecule has 2 amide bonds. The summed E-state index contributed by atoms with van der Waals surface area (Å²) in [6.45, 7) is 1.80. The molecule has 0 saturated heterocycles. The zero-order valence-electron chi connectivity index (χ0n) is 8.53. The summed E-state index contributed by atoms with van der Waals surface area (Å²) in [4.78, 5) is 11.3. The Balaban J connectivity index is 2.48. The van der Waals surface area contributed by atoms with Crippen LogP contribution in [0.3, 0.4) is 0 Å². The van der Waals surface area contributed by atoms with Crippen molar-refractivity contribution < 1.29 is 9.90 Å². The summed E-state index contributed by atoms with van der Waals surface area (Å²) < 4.78 is 0. The lowest BCUT2D eigenvalue weighted by molar-refractivity contribution is 0.190. The van der Waals surface area contributed by atoms with E-state index in [1.54, 1.807) is 31.2 Å². The van der Waals surface area contributed by atoms with Crippen LogP contribution >= 0.6 is 0 Å². The van der Waals surface area contributed by atoms with Crippen LogP contribution in [-0.2, 0) is 0 Å². The Morgan fingerprint density at radius 2 is 2.20 bits per heavy atom. The summed E-state index contributed by atoms with van der Waals surface area (Å²) in [5.74, 6) is 0. The lowest BCUT2D eigenvalue weighted by Gasteiger charge is -2.10. The summed E-state index contributed by atoms with van der Waals surface area (Å²) in [6.07, 6.45) is -0.566. The van der Waals surface area contributed by atoms with Gasteiger partial charge >= 0.3 is 6.03 Å². The van der Waals surface area contributed by atoms with Gasteiger partial charge in [-0.2, -0.15) is 0 Å². The van der Waals surface area contributed by atoms with Gasteiger partial charge in [0.05, 0.1) is 17.5 Å². The van der Waals surface area contributed by atoms with Crippen molar-refractivity contribution in [1.29, 1.82) is 0 Å². The molecule has 1 aromatic rings. The number of aliphatic hydroxyl groups excluding tert-OH is 1. The molecule has 15 heavy (non-hydrogen) atoms. The Hall–Kier alpha value is -1.75. The normalized spacial score (nSPS) is 11.9. The number of benzene rings is 1. The van der Waals surface area contributed by atoms with Crippen molar-refractivity contribution in [3.8, 4) is 0 Å². The standard InChI is InChI=1S/C10H15N3O2/c1-7(14)6-12-10(15)13-9-5-3-2-4-8(9)11/h2-5,7,14H,6,11H2,1H3,(H2,12,13,15). The van der Waals surface area contributed by atoms with Gasteiger partial charge in [0.25, 0.3) is 0 Å².